The van der Waals surface area contributed by atoms with E-state index in [2.05, 4.69) is 22.7 Å². The molecule has 3 N–H and O–H groups in total. The molecule has 0 atom stereocenters. The predicted octanol–water partition coefficient (Wildman–Crippen LogP) is 3.09. The molecule has 0 spiro atoms. The Labute approximate surface area is 133 Å². The highest BCUT2D eigenvalue weighted by Gasteiger charge is 1.97. The molecule has 21 heavy (non-hydrogen) atoms. The predicted molar refractivity (Wildman–Crippen MR) is 89.7 cm³/mol. The topological polar surface area (TPSA) is 59.6 Å². The number of thiocarbonyl (C=S) groups is 1. The molecule has 6 heteroatoms. The number of hydrogen-bond donors (Lipinski definition) is 2. The van der Waals surface area contributed by atoms with Gasteiger partial charge in [0.25, 0.3) is 0 Å². The van der Waals surface area contributed by atoms with E-state index in [0.717, 1.165) is 16.9 Å². The number of halogens is 1. The van der Waals surface area contributed by atoms with Crippen LogP contribution in [0.2, 0.25) is 5.02 Å². The molecule has 2 rings (SSSR count). The van der Waals surface area contributed by atoms with Gasteiger partial charge in [0.1, 0.15) is 12.4 Å². The van der Waals surface area contributed by atoms with Crippen LogP contribution < -0.4 is 15.9 Å². The number of ether oxygens (including phenoxy) is 1. The average Bonchev–Trinajstić information content (AvgIpc) is 2.48. The summed E-state index contributed by atoms with van der Waals surface area (Å²) >= 11 is 10.5. The van der Waals surface area contributed by atoms with Gasteiger partial charge in [-0.05, 0) is 59.7 Å². The maximum absolute atomic E-state index is 5.83. The highest BCUT2D eigenvalue weighted by atomic mass is 35.5. The Morgan fingerprint density at radius 2 is 1.86 bits per heavy atom. The highest BCUT2D eigenvalue weighted by Crippen LogP contribution is 2.15. The van der Waals surface area contributed by atoms with Crippen molar-refractivity contribution in [3.63, 3.8) is 0 Å². The van der Waals surface area contributed by atoms with Crippen molar-refractivity contribution in [3.8, 4) is 5.75 Å². The molecule has 4 nitrogen and oxygen atoms in total. The molecule has 0 aliphatic heterocycles. The lowest BCUT2D eigenvalue weighted by atomic mass is 10.2. The summed E-state index contributed by atoms with van der Waals surface area (Å²) in [6.45, 7) is 0.494. The third-order valence-electron chi connectivity index (χ3n) is 2.59. The zero-order chi connectivity index (χ0) is 15.1. The van der Waals surface area contributed by atoms with Gasteiger partial charge < -0.3 is 10.5 Å². The molecule has 0 fully saturated rings. The standard InChI is InChI=1S/C15H14ClN3OS/c16-13-5-1-12(2-6-13)10-20-14-7-3-11(4-8-14)9-18-19-15(17)21/h1-9H,10H2,(H3,17,19,21)/b18-9-. The van der Waals surface area contributed by atoms with Gasteiger partial charge in [-0.2, -0.15) is 5.10 Å². The zero-order valence-corrected chi connectivity index (χ0v) is 12.7. The number of nitrogens with zero attached hydrogens (tertiary/aromatic N) is 1. The fraction of sp³-hybridized carbons (Fsp3) is 0.0667. The van der Waals surface area contributed by atoms with Crippen LogP contribution in [0.3, 0.4) is 0 Å². The summed E-state index contributed by atoms with van der Waals surface area (Å²) in [6, 6.07) is 15.1. The van der Waals surface area contributed by atoms with Crippen molar-refractivity contribution in [2.24, 2.45) is 10.8 Å². The molecule has 0 radical (unpaired) electrons. The Morgan fingerprint density at radius 1 is 1.19 bits per heavy atom. The second-order valence-corrected chi connectivity index (χ2v) is 5.09. The van der Waals surface area contributed by atoms with E-state index in [1.807, 2.05) is 48.5 Å². The van der Waals surface area contributed by atoms with Crippen molar-refractivity contribution in [1.29, 1.82) is 0 Å². The summed E-state index contributed by atoms with van der Waals surface area (Å²) in [5.41, 5.74) is 9.73. The van der Waals surface area contributed by atoms with E-state index in [-0.39, 0.29) is 5.11 Å². The minimum absolute atomic E-state index is 0.133. The first-order valence-corrected chi connectivity index (χ1v) is 6.98. The number of nitrogens with one attached hydrogen (secondary N) is 1. The van der Waals surface area contributed by atoms with Crippen molar-refractivity contribution in [3.05, 3.63) is 64.7 Å². The third-order valence-corrected chi connectivity index (χ3v) is 2.93. The monoisotopic (exact) mass is 319 g/mol. The van der Waals surface area contributed by atoms with E-state index in [9.17, 15) is 0 Å². The second-order valence-electron chi connectivity index (χ2n) is 4.22. The van der Waals surface area contributed by atoms with Gasteiger partial charge in [0.05, 0.1) is 6.21 Å². The van der Waals surface area contributed by atoms with Crippen LogP contribution in [0.1, 0.15) is 11.1 Å². The lowest BCUT2D eigenvalue weighted by molar-refractivity contribution is 0.306. The lowest BCUT2D eigenvalue weighted by Gasteiger charge is -2.06. The van der Waals surface area contributed by atoms with Gasteiger partial charge in [0.2, 0.25) is 0 Å². The SMILES string of the molecule is NC(=S)N/N=C\c1ccc(OCc2ccc(Cl)cc2)cc1. The number of rotatable bonds is 5. The van der Waals surface area contributed by atoms with Crippen molar-refractivity contribution in [1.82, 2.24) is 5.43 Å². The first-order chi connectivity index (χ1) is 10.1. The summed E-state index contributed by atoms with van der Waals surface area (Å²) in [5.74, 6) is 0.782. The van der Waals surface area contributed by atoms with E-state index in [0.29, 0.717) is 11.6 Å². The van der Waals surface area contributed by atoms with Crippen LogP contribution in [0.25, 0.3) is 0 Å². The lowest BCUT2D eigenvalue weighted by Crippen LogP contribution is -2.23. The van der Waals surface area contributed by atoms with Crippen LogP contribution in [0.15, 0.2) is 53.6 Å². The zero-order valence-electron chi connectivity index (χ0n) is 11.1. The number of nitrogens with two attached hydrogens (primary N) is 1. The van der Waals surface area contributed by atoms with Gasteiger partial charge in [-0.15, -0.1) is 0 Å². The minimum Gasteiger partial charge on any atom is -0.489 e. The highest BCUT2D eigenvalue weighted by molar-refractivity contribution is 7.80. The van der Waals surface area contributed by atoms with Crippen LogP contribution >= 0.6 is 23.8 Å². The quantitative estimate of drug-likeness (QED) is 0.505. The molecular formula is C15H14ClN3OS. The largest absolute Gasteiger partial charge is 0.489 e. The summed E-state index contributed by atoms with van der Waals surface area (Å²) in [7, 11) is 0. The number of hydrazone groups is 1. The average molecular weight is 320 g/mol. The Bertz CT molecular complexity index is 626. The van der Waals surface area contributed by atoms with Gasteiger partial charge in [-0.1, -0.05) is 23.7 Å². The molecule has 0 aliphatic rings. The number of benzene rings is 2. The molecular weight excluding hydrogens is 306 g/mol. The molecule has 0 amide bonds. The Balaban J connectivity index is 1.88. The molecule has 0 unspecified atom stereocenters. The number of hydrogen-bond acceptors (Lipinski definition) is 3. The Hall–Kier alpha value is -2.11. The van der Waals surface area contributed by atoms with Crippen molar-refractivity contribution >= 4 is 35.1 Å². The summed E-state index contributed by atoms with van der Waals surface area (Å²) in [6.07, 6.45) is 1.63. The van der Waals surface area contributed by atoms with Crippen LogP contribution in [0.4, 0.5) is 0 Å². The van der Waals surface area contributed by atoms with E-state index < -0.39 is 0 Å². The summed E-state index contributed by atoms with van der Waals surface area (Å²) < 4.78 is 5.69. The molecule has 0 aliphatic carbocycles. The third kappa shape index (κ3) is 5.41. The molecule has 0 bridgehead atoms. The van der Waals surface area contributed by atoms with E-state index in [1.54, 1.807) is 6.21 Å². The van der Waals surface area contributed by atoms with E-state index in [4.69, 9.17) is 22.1 Å². The van der Waals surface area contributed by atoms with Gasteiger partial charge in [0.15, 0.2) is 5.11 Å². The van der Waals surface area contributed by atoms with Gasteiger partial charge in [-0.3, -0.25) is 5.43 Å². The van der Waals surface area contributed by atoms with Crippen molar-refractivity contribution in [2.45, 2.75) is 6.61 Å². The van der Waals surface area contributed by atoms with Crippen LogP contribution in [0, 0.1) is 0 Å². The Kier molecular flexibility index (Phi) is 5.54. The Morgan fingerprint density at radius 3 is 2.48 bits per heavy atom. The maximum Gasteiger partial charge on any atom is 0.184 e. The van der Waals surface area contributed by atoms with Crippen LogP contribution in [-0.4, -0.2) is 11.3 Å². The van der Waals surface area contributed by atoms with Crippen LogP contribution in [0.5, 0.6) is 5.75 Å². The molecule has 0 aromatic heterocycles. The first-order valence-electron chi connectivity index (χ1n) is 6.19. The van der Waals surface area contributed by atoms with Crippen LogP contribution in [-0.2, 0) is 6.61 Å². The van der Waals surface area contributed by atoms with Gasteiger partial charge in [-0.25, -0.2) is 0 Å². The molecule has 2 aromatic rings. The smallest absolute Gasteiger partial charge is 0.184 e. The molecule has 0 saturated carbocycles. The first kappa shape index (κ1) is 15.3. The van der Waals surface area contributed by atoms with E-state index >= 15 is 0 Å². The normalized spacial score (nSPS) is 10.5. The fourth-order valence-corrected chi connectivity index (χ4v) is 1.75. The van der Waals surface area contributed by atoms with Crippen molar-refractivity contribution in [2.75, 3.05) is 0 Å². The molecule has 108 valence electrons. The van der Waals surface area contributed by atoms with Gasteiger partial charge >= 0.3 is 0 Å². The molecule has 0 heterocycles. The molecule has 2 aromatic carbocycles. The maximum atomic E-state index is 5.83. The minimum atomic E-state index is 0.133. The van der Waals surface area contributed by atoms with Gasteiger partial charge in [0, 0.05) is 5.02 Å². The van der Waals surface area contributed by atoms with E-state index in [1.165, 1.54) is 0 Å². The summed E-state index contributed by atoms with van der Waals surface area (Å²) in [5, 5.41) is 4.73. The summed E-state index contributed by atoms with van der Waals surface area (Å²) in [4.78, 5) is 0. The fourth-order valence-electron chi connectivity index (χ4n) is 1.57. The second kappa shape index (κ2) is 7.61. The van der Waals surface area contributed by atoms with Crippen molar-refractivity contribution < 1.29 is 4.74 Å². The molecule has 0 saturated heterocycles.